The summed E-state index contributed by atoms with van der Waals surface area (Å²) in [5.74, 6) is -0.417. The number of nitrogens with zero attached hydrogens (tertiary/aromatic N) is 4. The van der Waals surface area contributed by atoms with Crippen LogP contribution >= 0.6 is 18.2 Å². The molecule has 3 rings (SSSR count). The van der Waals surface area contributed by atoms with Gasteiger partial charge in [-0.2, -0.15) is 0 Å². The Kier molecular flexibility index (Phi) is 10.1. The highest BCUT2D eigenvalue weighted by molar-refractivity contribution is 8.09. The summed E-state index contributed by atoms with van der Waals surface area (Å²) in [6, 6.07) is 4.88. The van der Waals surface area contributed by atoms with Gasteiger partial charge in [-0.25, -0.2) is 9.88 Å². The van der Waals surface area contributed by atoms with Crippen LogP contribution in [-0.2, 0) is 30.6 Å². The normalized spacial score (nSPS) is 21.4. The molecule has 1 aromatic carbocycles. The van der Waals surface area contributed by atoms with E-state index in [0.29, 0.717) is 16.3 Å². The molecular weight excluding hydrogens is 559 g/mol. The zero-order valence-electron chi connectivity index (χ0n) is 21.1. The van der Waals surface area contributed by atoms with Crippen LogP contribution < -0.4 is 20.9 Å². The summed E-state index contributed by atoms with van der Waals surface area (Å²) in [5.41, 5.74) is 8.22. The number of hydrogen-bond donors (Lipinski definition) is 2. The summed E-state index contributed by atoms with van der Waals surface area (Å²) in [4.78, 5) is 41.7. The van der Waals surface area contributed by atoms with Gasteiger partial charge in [-0.1, -0.05) is 30.6 Å². The van der Waals surface area contributed by atoms with Crippen molar-refractivity contribution in [3.8, 4) is 5.75 Å². The predicted molar refractivity (Wildman–Crippen MR) is 144 cm³/mol. The van der Waals surface area contributed by atoms with Crippen LogP contribution in [-0.4, -0.2) is 47.4 Å². The lowest BCUT2D eigenvalue weighted by Crippen LogP contribution is -2.41. The number of esters is 1. The van der Waals surface area contributed by atoms with Crippen LogP contribution in [0.3, 0.4) is 0 Å². The zero-order chi connectivity index (χ0) is 28.0. The highest BCUT2D eigenvalue weighted by atomic mass is 35.5. The second-order valence-corrected chi connectivity index (χ2v) is 12.4. The summed E-state index contributed by atoms with van der Waals surface area (Å²) in [7, 11) is 1.27. The fraction of sp³-hybridized carbons (Fsp3) is 0.500. The molecule has 0 amide bonds. The molecule has 5 atom stereocenters. The molecule has 16 heteroatoms. The summed E-state index contributed by atoms with van der Waals surface area (Å²) in [5, 5.41) is 7.28. The molecule has 2 heterocycles. The first-order chi connectivity index (χ1) is 18.0. The maximum absolute atomic E-state index is 12.4. The highest BCUT2D eigenvalue weighted by Gasteiger charge is 2.39. The number of azide groups is 1. The van der Waals surface area contributed by atoms with Gasteiger partial charge in [0.1, 0.15) is 18.0 Å². The number of carbonyl (C=O) groups excluding carboxylic acids is 1. The minimum Gasteiger partial charge on any atom is -0.468 e. The molecule has 1 aliphatic rings. The third-order valence-corrected chi connectivity index (χ3v) is 8.37. The summed E-state index contributed by atoms with van der Waals surface area (Å²) >= 11 is 11.7. The van der Waals surface area contributed by atoms with Crippen LogP contribution in [0.1, 0.15) is 32.1 Å². The van der Waals surface area contributed by atoms with Gasteiger partial charge in [-0.05, 0) is 54.4 Å². The maximum Gasteiger partial charge on any atom is 0.330 e. The molecule has 1 saturated heterocycles. The Morgan fingerprint density at radius 3 is 2.68 bits per heavy atom. The number of benzene rings is 1. The molecule has 1 aliphatic heterocycles. The van der Waals surface area contributed by atoms with E-state index < -0.39 is 48.3 Å². The molecule has 0 aliphatic carbocycles. The summed E-state index contributed by atoms with van der Waals surface area (Å²) in [6.07, 6.45) is -0.122. The number of H-pyrrole nitrogens is 1. The van der Waals surface area contributed by atoms with Crippen molar-refractivity contribution in [3.05, 3.63) is 72.3 Å². The first-order valence-electron chi connectivity index (χ1n) is 11.5. The molecule has 2 aromatic rings. The maximum atomic E-state index is 12.4. The van der Waals surface area contributed by atoms with Crippen LogP contribution in [0.2, 0.25) is 5.02 Å². The highest BCUT2D eigenvalue weighted by Crippen LogP contribution is 2.47. The molecule has 1 fully saturated rings. The van der Waals surface area contributed by atoms with Gasteiger partial charge in [-0.3, -0.25) is 19.1 Å². The van der Waals surface area contributed by atoms with Crippen LogP contribution in [0.15, 0.2) is 45.2 Å². The van der Waals surface area contributed by atoms with Crippen LogP contribution in [0.5, 0.6) is 5.75 Å². The van der Waals surface area contributed by atoms with Crippen molar-refractivity contribution in [2.45, 2.75) is 51.6 Å². The van der Waals surface area contributed by atoms with E-state index in [9.17, 15) is 14.4 Å². The molecule has 1 aromatic heterocycles. The van der Waals surface area contributed by atoms with E-state index in [-0.39, 0.29) is 18.9 Å². The number of rotatable bonds is 11. The van der Waals surface area contributed by atoms with Gasteiger partial charge >= 0.3 is 18.3 Å². The third kappa shape index (κ3) is 7.45. The Morgan fingerprint density at radius 1 is 1.39 bits per heavy atom. The molecular formula is C22H28ClN6O7PS. The van der Waals surface area contributed by atoms with E-state index in [1.807, 2.05) is 13.8 Å². The van der Waals surface area contributed by atoms with Crippen molar-refractivity contribution in [2.24, 2.45) is 11.0 Å². The van der Waals surface area contributed by atoms with E-state index in [4.69, 9.17) is 47.5 Å². The molecule has 0 radical (unpaired) electrons. The van der Waals surface area contributed by atoms with Crippen LogP contribution in [0, 0.1) is 12.8 Å². The SMILES string of the molecule is COC(=O)C(NP(=S)(OC[C@H]1O[C@@H](n2cc(C)c(=O)[nH]c2=O)C[C@@H]1N=[N+]=[N-])Oc1ccc(Cl)cc1)C(C)C. The third-order valence-electron chi connectivity index (χ3n) is 5.73. The molecule has 0 spiro atoms. The fourth-order valence-corrected chi connectivity index (χ4v) is 6.26. The number of aromatic amines is 1. The molecule has 0 saturated carbocycles. The summed E-state index contributed by atoms with van der Waals surface area (Å²) < 4.78 is 24.2. The lowest BCUT2D eigenvalue weighted by Gasteiger charge is -2.30. The second kappa shape index (κ2) is 12.9. The van der Waals surface area contributed by atoms with E-state index in [2.05, 4.69) is 20.1 Å². The quantitative estimate of drug-likeness (QED) is 0.131. The standard InChI is InChI=1S/C22H28ClN6O7PS/c1-12(2)19(21(31)33-4)27-37(38,36-15-7-5-14(23)6-8-15)34-11-17-16(26-28-24)9-18(35-17)29-10-13(3)20(30)25-22(29)32/h5-8,10,12,16-19H,9,11H2,1-4H3,(H,27,38)(H,25,30,32)/t16-,17+,18+,19?,37?/m0/s1. The number of methoxy groups -OCH3 is 1. The first-order valence-corrected chi connectivity index (χ1v) is 14.5. The smallest absolute Gasteiger partial charge is 0.330 e. The van der Waals surface area contributed by atoms with Crippen molar-refractivity contribution in [1.29, 1.82) is 0 Å². The largest absolute Gasteiger partial charge is 0.468 e. The number of aromatic nitrogens is 2. The Hall–Kier alpha value is -2.70. The molecule has 2 N–H and O–H groups in total. The second-order valence-electron chi connectivity index (χ2n) is 8.83. The van der Waals surface area contributed by atoms with Crippen molar-refractivity contribution in [3.63, 3.8) is 0 Å². The monoisotopic (exact) mass is 586 g/mol. The number of carbonyl (C=O) groups is 1. The van der Waals surface area contributed by atoms with Crippen molar-refractivity contribution in [1.82, 2.24) is 14.6 Å². The van der Waals surface area contributed by atoms with Gasteiger partial charge in [0.05, 0.1) is 25.9 Å². The Labute approximate surface area is 228 Å². The number of nitrogens with one attached hydrogen (secondary N) is 2. The summed E-state index contributed by atoms with van der Waals surface area (Å²) in [6.45, 7) is 1.54. The van der Waals surface area contributed by atoms with E-state index in [1.165, 1.54) is 17.9 Å². The van der Waals surface area contributed by atoms with Crippen LogP contribution in [0.25, 0.3) is 10.4 Å². The van der Waals surface area contributed by atoms with Gasteiger partial charge < -0.3 is 18.5 Å². The predicted octanol–water partition coefficient (Wildman–Crippen LogP) is 3.57. The molecule has 38 heavy (non-hydrogen) atoms. The van der Waals surface area contributed by atoms with Gasteiger partial charge in [-0.15, -0.1) is 0 Å². The van der Waals surface area contributed by atoms with Gasteiger partial charge in [0.15, 0.2) is 0 Å². The average molecular weight is 587 g/mol. The number of ether oxygens (including phenoxy) is 2. The van der Waals surface area contributed by atoms with E-state index in [0.717, 1.165) is 0 Å². The molecule has 2 unspecified atom stereocenters. The number of aryl methyl sites for hydroxylation is 1. The van der Waals surface area contributed by atoms with Crippen molar-refractivity contribution >= 4 is 36.0 Å². The van der Waals surface area contributed by atoms with Gasteiger partial charge in [0, 0.05) is 28.1 Å². The van der Waals surface area contributed by atoms with Crippen molar-refractivity contribution < 1.29 is 23.3 Å². The van der Waals surface area contributed by atoms with Gasteiger partial charge in [0.25, 0.3) is 5.56 Å². The van der Waals surface area contributed by atoms with E-state index >= 15 is 0 Å². The minimum atomic E-state index is -3.44. The molecule has 0 bridgehead atoms. The first kappa shape index (κ1) is 29.9. The Morgan fingerprint density at radius 2 is 2.08 bits per heavy atom. The average Bonchev–Trinajstić information content (AvgIpc) is 3.27. The number of halogens is 1. The Balaban J connectivity index is 1.86. The van der Waals surface area contributed by atoms with E-state index in [1.54, 1.807) is 31.2 Å². The van der Waals surface area contributed by atoms with Gasteiger partial charge in [0.2, 0.25) is 0 Å². The Bertz CT molecular complexity index is 1360. The fourth-order valence-electron chi connectivity index (χ4n) is 3.69. The number of hydrogen-bond acceptors (Lipinski definition) is 9. The topological polar surface area (TPSA) is 170 Å². The minimum absolute atomic E-state index is 0.147. The molecule has 206 valence electrons. The lowest BCUT2D eigenvalue weighted by atomic mass is 10.1. The van der Waals surface area contributed by atoms with Crippen LogP contribution in [0.4, 0.5) is 0 Å². The van der Waals surface area contributed by atoms with Crippen molar-refractivity contribution in [2.75, 3.05) is 13.7 Å². The molecule has 13 nitrogen and oxygen atoms in total. The lowest BCUT2D eigenvalue weighted by molar-refractivity contribution is -0.143. The zero-order valence-corrected chi connectivity index (χ0v) is 23.5.